The van der Waals surface area contributed by atoms with Gasteiger partial charge in [0.25, 0.3) is 0 Å². The molecule has 3 aromatic rings. The van der Waals surface area contributed by atoms with E-state index in [0.29, 0.717) is 23.3 Å². The first-order valence-corrected chi connectivity index (χ1v) is 7.47. The molecule has 0 spiro atoms. The number of benzene rings is 1. The number of amides is 1. The van der Waals surface area contributed by atoms with E-state index >= 15 is 0 Å². The predicted octanol–water partition coefficient (Wildman–Crippen LogP) is 1.89. The summed E-state index contributed by atoms with van der Waals surface area (Å²) in [6.07, 6.45) is 2.41. The number of aromatic amines is 1. The normalized spacial score (nSPS) is 12.4. The number of aromatic nitrogens is 3. The van der Waals surface area contributed by atoms with E-state index in [1.807, 2.05) is 13.8 Å². The van der Waals surface area contributed by atoms with Crippen LogP contribution in [0.1, 0.15) is 30.9 Å². The number of fused-ring (bicyclic) bond motifs is 1. The van der Waals surface area contributed by atoms with Crippen molar-refractivity contribution >= 4 is 17.0 Å². The molecule has 0 bridgehead atoms. The molecular weight excluding hydrogens is 296 g/mol. The molecule has 7 heteroatoms. The molecule has 7 nitrogen and oxygen atoms in total. The zero-order valence-corrected chi connectivity index (χ0v) is 13.0. The van der Waals surface area contributed by atoms with E-state index in [1.165, 1.54) is 4.57 Å². The number of aryl methyl sites for hydroxylation is 1. The van der Waals surface area contributed by atoms with Crippen molar-refractivity contribution in [3.8, 4) is 0 Å². The van der Waals surface area contributed by atoms with Gasteiger partial charge in [-0.3, -0.25) is 9.36 Å². The highest BCUT2D eigenvalue weighted by molar-refractivity contribution is 5.79. The monoisotopic (exact) mass is 314 g/mol. The van der Waals surface area contributed by atoms with Crippen LogP contribution >= 0.6 is 0 Å². The third kappa shape index (κ3) is 3.03. The summed E-state index contributed by atoms with van der Waals surface area (Å²) in [5, 5.41) is 2.89. The van der Waals surface area contributed by atoms with Gasteiger partial charge in [-0.05, 0) is 25.5 Å². The number of oxazole rings is 1. The van der Waals surface area contributed by atoms with Crippen LogP contribution in [0.25, 0.3) is 11.1 Å². The second kappa shape index (κ2) is 6.12. The van der Waals surface area contributed by atoms with Crippen LogP contribution in [0, 0.1) is 6.92 Å². The molecule has 2 aromatic heterocycles. The van der Waals surface area contributed by atoms with Gasteiger partial charge in [0, 0.05) is 11.9 Å². The molecule has 1 atom stereocenters. The molecule has 2 heterocycles. The molecule has 0 aliphatic rings. The fourth-order valence-corrected chi connectivity index (χ4v) is 2.52. The molecule has 1 aromatic carbocycles. The van der Waals surface area contributed by atoms with E-state index < -0.39 is 5.76 Å². The van der Waals surface area contributed by atoms with Gasteiger partial charge in [-0.15, -0.1) is 0 Å². The Labute approximate surface area is 132 Å². The van der Waals surface area contributed by atoms with Crippen molar-refractivity contribution in [2.75, 3.05) is 0 Å². The number of hydrogen-bond donors (Lipinski definition) is 2. The summed E-state index contributed by atoms with van der Waals surface area (Å²) in [7, 11) is 0. The minimum atomic E-state index is -0.539. The van der Waals surface area contributed by atoms with Gasteiger partial charge in [0.2, 0.25) is 5.91 Å². The van der Waals surface area contributed by atoms with Crippen LogP contribution in [-0.4, -0.2) is 20.4 Å². The first-order chi connectivity index (χ1) is 11.1. The third-order valence-corrected chi connectivity index (χ3v) is 3.67. The molecule has 3 rings (SSSR count). The number of rotatable bonds is 5. The van der Waals surface area contributed by atoms with E-state index in [2.05, 4.69) is 15.3 Å². The number of nitrogens with zero attached hydrogens (tertiary/aromatic N) is 2. The summed E-state index contributed by atoms with van der Waals surface area (Å²) in [5.74, 6) is -0.0921. The first kappa shape index (κ1) is 15.1. The van der Waals surface area contributed by atoms with Gasteiger partial charge in [-0.1, -0.05) is 19.1 Å². The molecule has 120 valence electrons. The van der Waals surface area contributed by atoms with Crippen LogP contribution < -0.4 is 11.1 Å². The van der Waals surface area contributed by atoms with E-state index in [9.17, 15) is 9.59 Å². The summed E-state index contributed by atoms with van der Waals surface area (Å²) in [6, 6.07) is 6.81. The van der Waals surface area contributed by atoms with Gasteiger partial charge in [-0.25, -0.2) is 9.78 Å². The number of imidazole rings is 1. The third-order valence-electron chi connectivity index (χ3n) is 3.67. The van der Waals surface area contributed by atoms with Crippen molar-refractivity contribution in [1.82, 2.24) is 19.9 Å². The first-order valence-electron chi connectivity index (χ1n) is 7.47. The lowest BCUT2D eigenvalue weighted by Gasteiger charge is -2.14. The van der Waals surface area contributed by atoms with Gasteiger partial charge in [0.15, 0.2) is 5.58 Å². The van der Waals surface area contributed by atoms with Crippen LogP contribution in [0.3, 0.4) is 0 Å². The van der Waals surface area contributed by atoms with Crippen molar-refractivity contribution in [2.24, 2.45) is 0 Å². The highest BCUT2D eigenvalue weighted by atomic mass is 16.4. The molecule has 0 fully saturated rings. The summed E-state index contributed by atoms with van der Waals surface area (Å²) in [4.78, 5) is 31.6. The Morgan fingerprint density at radius 2 is 2.22 bits per heavy atom. The van der Waals surface area contributed by atoms with Gasteiger partial charge in [0.1, 0.15) is 12.4 Å². The average molecular weight is 314 g/mol. The molecule has 2 N–H and O–H groups in total. The molecule has 0 unspecified atom stereocenters. The van der Waals surface area contributed by atoms with Crippen molar-refractivity contribution in [1.29, 1.82) is 0 Å². The molecule has 0 saturated carbocycles. The van der Waals surface area contributed by atoms with E-state index in [4.69, 9.17) is 4.42 Å². The second-order valence-electron chi connectivity index (χ2n) is 5.40. The maximum absolute atomic E-state index is 12.3. The molecule has 0 aliphatic carbocycles. The molecular formula is C16H18N4O3. The van der Waals surface area contributed by atoms with Crippen molar-refractivity contribution in [3.05, 3.63) is 52.5 Å². The van der Waals surface area contributed by atoms with E-state index in [-0.39, 0.29) is 18.5 Å². The quantitative estimate of drug-likeness (QED) is 0.752. The van der Waals surface area contributed by atoms with Crippen LogP contribution in [-0.2, 0) is 11.3 Å². The summed E-state index contributed by atoms with van der Waals surface area (Å²) >= 11 is 0. The lowest BCUT2D eigenvalue weighted by atomic mass is 10.2. The number of hydrogen-bond acceptors (Lipinski definition) is 4. The van der Waals surface area contributed by atoms with Gasteiger partial charge < -0.3 is 14.7 Å². The smallest absolute Gasteiger partial charge is 0.408 e. The summed E-state index contributed by atoms with van der Waals surface area (Å²) in [5.41, 5.74) is 2.01. The Morgan fingerprint density at radius 1 is 1.43 bits per heavy atom. The lowest BCUT2D eigenvalue weighted by molar-refractivity contribution is -0.122. The second-order valence-corrected chi connectivity index (χ2v) is 5.40. The van der Waals surface area contributed by atoms with Gasteiger partial charge in [-0.2, -0.15) is 0 Å². The predicted molar refractivity (Wildman–Crippen MR) is 85.0 cm³/mol. The number of H-pyrrole nitrogens is 1. The fraction of sp³-hybridized carbons (Fsp3) is 0.312. The van der Waals surface area contributed by atoms with E-state index in [1.54, 1.807) is 30.5 Å². The Bertz CT molecular complexity index is 890. The van der Waals surface area contributed by atoms with Crippen molar-refractivity contribution in [3.63, 3.8) is 0 Å². The Morgan fingerprint density at radius 3 is 2.91 bits per heavy atom. The fourth-order valence-electron chi connectivity index (χ4n) is 2.52. The number of nitrogens with one attached hydrogen (secondary N) is 2. The minimum Gasteiger partial charge on any atom is -0.408 e. The van der Waals surface area contributed by atoms with Crippen molar-refractivity contribution in [2.45, 2.75) is 32.9 Å². The zero-order valence-electron chi connectivity index (χ0n) is 13.0. The highest BCUT2D eigenvalue weighted by Crippen LogP contribution is 2.14. The number of carbonyl (C=O) groups excluding carboxylic acids is 1. The maximum Gasteiger partial charge on any atom is 0.420 e. The Kier molecular flexibility index (Phi) is 4.01. The van der Waals surface area contributed by atoms with E-state index in [0.717, 1.165) is 5.69 Å². The number of carbonyl (C=O) groups is 1. The summed E-state index contributed by atoms with van der Waals surface area (Å²) in [6.45, 7) is 3.77. The van der Waals surface area contributed by atoms with Gasteiger partial charge >= 0.3 is 5.76 Å². The SMILES string of the molecule is CC[C@@H](NC(=O)Cn1c(=O)oc2ccccc21)c1ncc(C)[nH]1. The Hall–Kier alpha value is -2.83. The standard InChI is InChI=1S/C16H18N4O3/c1-3-11(15-17-8-10(2)18-15)19-14(21)9-20-12-6-4-5-7-13(12)23-16(20)22/h4-8,11H,3,9H2,1-2H3,(H,17,18)(H,19,21)/t11-/m1/s1. The van der Waals surface area contributed by atoms with Crippen LogP contribution in [0.2, 0.25) is 0 Å². The largest absolute Gasteiger partial charge is 0.420 e. The number of para-hydroxylation sites is 2. The Balaban J connectivity index is 1.78. The molecule has 0 saturated heterocycles. The molecule has 23 heavy (non-hydrogen) atoms. The zero-order chi connectivity index (χ0) is 16.4. The molecule has 0 radical (unpaired) electrons. The van der Waals surface area contributed by atoms with Crippen LogP contribution in [0.15, 0.2) is 39.7 Å². The van der Waals surface area contributed by atoms with Crippen LogP contribution in [0.5, 0.6) is 0 Å². The highest BCUT2D eigenvalue weighted by Gasteiger charge is 2.18. The molecule has 0 aliphatic heterocycles. The minimum absolute atomic E-state index is 0.0912. The van der Waals surface area contributed by atoms with Gasteiger partial charge in [0.05, 0.1) is 11.6 Å². The summed E-state index contributed by atoms with van der Waals surface area (Å²) < 4.78 is 6.45. The maximum atomic E-state index is 12.3. The topological polar surface area (TPSA) is 92.9 Å². The lowest BCUT2D eigenvalue weighted by Crippen LogP contribution is -2.34. The average Bonchev–Trinajstić information content (AvgIpc) is 3.09. The van der Waals surface area contributed by atoms with Crippen LogP contribution in [0.4, 0.5) is 0 Å². The molecule has 1 amide bonds. The van der Waals surface area contributed by atoms with Crippen molar-refractivity contribution < 1.29 is 9.21 Å².